The zero-order valence-electron chi connectivity index (χ0n) is 17.4. The van der Waals surface area contributed by atoms with E-state index in [1.807, 2.05) is 67.9 Å². The molecule has 3 heterocycles. The summed E-state index contributed by atoms with van der Waals surface area (Å²) < 4.78 is 3.59. The second-order valence-corrected chi connectivity index (χ2v) is 8.43. The second kappa shape index (κ2) is 7.63. The van der Waals surface area contributed by atoms with Crippen molar-refractivity contribution in [3.63, 3.8) is 0 Å². The van der Waals surface area contributed by atoms with Crippen LogP contribution in [0, 0.1) is 13.8 Å². The Morgan fingerprint density at radius 1 is 1.03 bits per heavy atom. The minimum atomic E-state index is -0.0689. The summed E-state index contributed by atoms with van der Waals surface area (Å²) in [5.41, 5.74) is 5.10. The normalized spacial score (nSPS) is 11.5. The standard InChI is InChI=1S/C23H20N6OS/c1-14-8-9-15(2)18(10-14)29-19(27-17-7-5-4-6-16(17)23(29)30)11-31-22-20-21(24-12-25-22)28(3)13-26-20/h4-10,12-13H,11H2,1-3H3. The smallest absolute Gasteiger partial charge is 0.265 e. The Morgan fingerprint density at radius 3 is 2.74 bits per heavy atom. The largest absolute Gasteiger partial charge is 0.318 e. The molecule has 0 atom stereocenters. The fourth-order valence-corrected chi connectivity index (χ4v) is 4.51. The monoisotopic (exact) mass is 428 g/mol. The van der Waals surface area contributed by atoms with E-state index in [0.29, 0.717) is 22.5 Å². The van der Waals surface area contributed by atoms with Gasteiger partial charge in [0.15, 0.2) is 5.65 Å². The Balaban J connectivity index is 1.67. The first-order chi connectivity index (χ1) is 15.0. The van der Waals surface area contributed by atoms with E-state index in [1.165, 1.54) is 18.1 Å². The van der Waals surface area contributed by atoms with Crippen molar-refractivity contribution in [2.24, 2.45) is 7.05 Å². The molecular weight excluding hydrogens is 408 g/mol. The number of imidazole rings is 1. The second-order valence-electron chi connectivity index (χ2n) is 7.47. The number of benzene rings is 2. The van der Waals surface area contributed by atoms with E-state index in [2.05, 4.69) is 15.0 Å². The van der Waals surface area contributed by atoms with Gasteiger partial charge in [0.25, 0.3) is 5.56 Å². The van der Waals surface area contributed by atoms with Crippen molar-refractivity contribution in [2.75, 3.05) is 0 Å². The molecule has 0 saturated carbocycles. The molecule has 5 aromatic rings. The molecule has 0 spiro atoms. The Bertz CT molecular complexity index is 1500. The van der Waals surface area contributed by atoms with Crippen molar-refractivity contribution in [3.05, 3.63) is 82.4 Å². The van der Waals surface area contributed by atoms with Crippen LogP contribution in [0.1, 0.15) is 17.0 Å². The molecule has 154 valence electrons. The molecule has 8 heteroatoms. The molecule has 2 aromatic carbocycles. The zero-order chi connectivity index (χ0) is 21.5. The molecule has 0 unspecified atom stereocenters. The number of aryl methyl sites for hydroxylation is 3. The van der Waals surface area contributed by atoms with Crippen molar-refractivity contribution in [1.29, 1.82) is 0 Å². The van der Waals surface area contributed by atoms with E-state index < -0.39 is 0 Å². The third-order valence-electron chi connectivity index (χ3n) is 5.25. The van der Waals surface area contributed by atoms with Gasteiger partial charge in [0.2, 0.25) is 0 Å². The Labute approximate surface area is 182 Å². The highest BCUT2D eigenvalue weighted by Crippen LogP contribution is 2.27. The van der Waals surface area contributed by atoms with Crippen LogP contribution < -0.4 is 5.56 Å². The molecule has 0 radical (unpaired) electrons. The molecule has 0 saturated heterocycles. The lowest BCUT2D eigenvalue weighted by molar-refractivity contribution is 0.875. The van der Waals surface area contributed by atoms with E-state index in [9.17, 15) is 4.79 Å². The zero-order valence-corrected chi connectivity index (χ0v) is 18.2. The van der Waals surface area contributed by atoms with Gasteiger partial charge in [-0.1, -0.05) is 36.0 Å². The molecule has 7 nitrogen and oxygen atoms in total. The minimum Gasteiger partial charge on any atom is -0.318 e. The van der Waals surface area contributed by atoms with Gasteiger partial charge in [0, 0.05) is 7.05 Å². The van der Waals surface area contributed by atoms with E-state index in [0.717, 1.165) is 33.0 Å². The summed E-state index contributed by atoms with van der Waals surface area (Å²) >= 11 is 1.50. The van der Waals surface area contributed by atoms with Gasteiger partial charge in [0.1, 0.15) is 22.7 Å². The fraction of sp³-hybridized carbons (Fsp3) is 0.174. The van der Waals surface area contributed by atoms with Crippen LogP contribution in [0.4, 0.5) is 0 Å². The van der Waals surface area contributed by atoms with E-state index >= 15 is 0 Å². The predicted molar refractivity (Wildman–Crippen MR) is 123 cm³/mol. The number of para-hydroxylation sites is 1. The number of nitrogens with zero attached hydrogens (tertiary/aromatic N) is 6. The first kappa shape index (κ1) is 19.4. The lowest BCUT2D eigenvalue weighted by Crippen LogP contribution is -2.24. The fourth-order valence-electron chi connectivity index (χ4n) is 3.65. The predicted octanol–water partition coefficient (Wildman–Crippen LogP) is 3.97. The molecule has 0 bridgehead atoms. The third kappa shape index (κ3) is 3.38. The van der Waals surface area contributed by atoms with Crippen LogP contribution in [-0.4, -0.2) is 29.1 Å². The summed E-state index contributed by atoms with van der Waals surface area (Å²) in [4.78, 5) is 31.5. The first-order valence-corrected chi connectivity index (χ1v) is 10.8. The third-order valence-corrected chi connectivity index (χ3v) is 6.23. The summed E-state index contributed by atoms with van der Waals surface area (Å²) in [6, 6.07) is 13.6. The van der Waals surface area contributed by atoms with Crippen LogP contribution in [-0.2, 0) is 12.8 Å². The number of fused-ring (bicyclic) bond motifs is 2. The Morgan fingerprint density at radius 2 is 1.87 bits per heavy atom. The van der Waals surface area contributed by atoms with Gasteiger partial charge in [-0.15, -0.1) is 0 Å². The van der Waals surface area contributed by atoms with Gasteiger partial charge in [-0.2, -0.15) is 0 Å². The number of thioether (sulfide) groups is 1. The van der Waals surface area contributed by atoms with E-state index in [4.69, 9.17) is 4.98 Å². The molecule has 0 fully saturated rings. The number of hydrogen-bond acceptors (Lipinski definition) is 6. The topological polar surface area (TPSA) is 78.5 Å². The summed E-state index contributed by atoms with van der Waals surface area (Å²) in [5, 5.41) is 1.37. The maximum absolute atomic E-state index is 13.5. The average Bonchev–Trinajstić information content (AvgIpc) is 3.16. The first-order valence-electron chi connectivity index (χ1n) is 9.86. The molecule has 0 aliphatic rings. The lowest BCUT2D eigenvalue weighted by Gasteiger charge is -2.16. The highest BCUT2D eigenvalue weighted by Gasteiger charge is 2.16. The minimum absolute atomic E-state index is 0.0689. The van der Waals surface area contributed by atoms with E-state index in [-0.39, 0.29) is 5.56 Å². The van der Waals surface area contributed by atoms with Crippen LogP contribution in [0.2, 0.25) is 0 Å². The van der Waals surface area contributed by atoms with Crippen LogP contribution in [0.25, 0.3) is 27.8 Å². The van der Waals surface area contributed by atoms with Crippen molar-refractivity contribution in [3.8, 4) is 5.69 Å². The number of aromatic nitrogens is 6. The summed E-state index contributed by atoms with van der Waals surface area (Å²) in [5.74, 6) is 1.14. The summed E-state index contributed by atoms with van der Waals surface area (Å²) in [7, 11) is 1.90. The van der Waals surface area contributed by atoms with Gasteiger partial charge < -0.3 is 4.57 Å². The molecule has 0 aliphatic carbocycles. The van der Waals surface area contributed by atoms with Crippen LogP contribution in [0.3, 0.4) is 0 Å². The molecule has 31 heavy (non-hydrogen) atoms. The van der Waals surface area contributed by atoms with Gasteiger partial charge in [-0.05, 0) is 43.2 Å². The SMILES string of the molecule is Cc1ccc(C)c(-n2c(CSc3ncnc4c3ncn4C)nc3ccccc3c2=O)c1. The van der Waals surface area contributed by atoms with Gasteiger partial charge in [0.05, 0.1) is 28.7 Å². The van der Waals surface area contributed by atoms with Crippen molar-refractivity contribution in [1.82, 2.24) is 29.1 Å². The van der Waals surface area contributed by atoms with Gasteiger partial charge in [-0.25, -0.2) is 19.9 Å². The maximum atomic E-state index is 13.5. The van der Waals surface area contributed by atoms with Crippen LogP contribution in [0.5, 0.6) is 0 Å². The quantitative estimate of drug-likeness (QED) is 0.318. The van der Waals surface area contributed by atoms with Crippen LogP contribution >= 0.6 is 11.8 Å². The molecular formula is C23H20N6OS. The van der Waals surface area contributed by atoms with Gasteiger partial charge >= 0.3 is 0 Å². The molecule has 0 N–H and O–H groups in total. The molecule has 0 aliphatic heterocycles. The summed E-state index contributed by atoms with van der Waals surface area (Å²) in [6.45, 7) is 4.03. The molecule has 5 rings (SSSR count). The van der Waals surface area contributed by atoms with Gasteiger partial charge in [-0.3, -0.25) is 9.36 Å². The van der Waals surface area contributed by atoms with Crippen molar-refractivity contribution in [2.45, 2.75) is 24.6 Å². The average molecular weight is 429 g/mol. The highest BCUT2D eigenvalue weighted by atomic mass is 32.2. The molecule has 0 amide bonds. The summed E-state index contributed by atoms with van der Waals surface area (Å²) in [6.07, 6.45) is 3.27. The van der Waals surface area contributed by atoms with Crippen LogP contribution in [0.15, 0.2) is 64.9 Å². The molecule has 3 aromatic heterocycles. The Hall–Kier alpha value is -3.52. The number of rotatable bonds is 4. The number of hydrogen-bond donors (Lipinski definition) is 0. The van der Waals surface area contributed by atoms with E-state index in [1.54, 1.807) is 10.9 Å². The highest BCUT2D eigenvalue weighted by molar-refractivity contribution is 7.98. The lowest BCUT2D eigenvalue weighted by atomic mass is 10.1. The maximum Gasteiger partial charge on any atom is 0.265 e. The Kier molecular flexibility index (Phi) is 4.78. The van der Waals surface area contributed by atoms with Crippen molar-refractivity contribution >= 4 is 33.8 Å². The van der Waals surface area contributed by atoms with Crippen molar-refractivity contribution < 1.29 is 0 Å².